The summed E-state index contributed by atoms with van der Waals surface area (Å²) >= 11 is 1.82. The van der Waals surface area contributed by atoms with E-state index in [4.69, 9.17) is 24.4 Å². The first-order chi connectivity index (χ1) is 53.5. The molecule has 22 aromatic rings. The molecule has 0 radical (unpaired) electrons. The highest BCUT2D eigenvalue weighted by Gasteiger charge is 2.23. The molecule has 502 valence electrons. The lowest BCUT2D eigenvalue weighted by molar-refractivity contribution is 0.670. The van der Waals surface area contributed by atoms with Crippen molar-refractivity contribution in [3.8, 4) is 113 Å². The molecule has 0 atom stereocenters. The van der Waals surface area contributed by atoms with E-state index in [0.717, 1.165) is 155 Å². The third kappa shape index (κ3) is 9.96. The fourth-order valence-corrected chi connectivity index (χ4v) is 18.0. The second kappa shape index (κ2) is 24.7. The van der Waals surface area contributed by atoms with Crippen molar-refractivity contribution in [2.45, 2.75) is 0 Å². The van der Waals surface area contributed by atoms with Crippen LogP contribution in [0.25, 0.3) is 220 Å². The zero-order valence-electron chi connectivity index (χ0n) is 58.1. The predicted octanol–water partition coefficient (Wildman–Crippen LogP) is 27.0. The molecule has 0 bridgehead atoms. The molecular weight excluding hydrogens is 1330 g/mol. The van der Waals surface area contributed by atoms with Gasteiger partial charge in [0.2, 0.25) is 0 Å². The molecular formula is C100H60N6OS. The number of benzene rings is 16. The highest BCUT2D eigenvalue weighted by atomic mass is 32.1. The molecule has 8 heteroatoms. The van der Waals surface area contributed by atoms with Crippen LogP contribution in [0.3, 0.4) is 0 Å². The lowest BCUT2D eigenvalue weighted by Crippen LogP contribution is -1.97. The van der Waals surface area contributed by atoms with Gasteiger partial charge in [-0.05, 0) is 158 Å². The SMILES string of the molecule is c1ccc(-c2cc(-c3cccc4c3oc3cc(-c5ccc6c(c5)c5ccccc5n6-c5ccc(-c6ccc(-c7nc(-c8ccccc8)cc(-c8cccc9c8sc8ccccc89)n7)c7ccccc67)cc5)ccc34)nc(-c3ccc(-c4ccc(-n5c6ccccc6c6ccccc65)cc4)c4ccccc34)n2)cc1. The van der Waals surface area contributed by atoms with E-state index in [1.54, 1.807) is 0 Å². The number of hydrogen-bond donors (Lipinski definition) is 0. The van der Waals surface area contributed by atoms with E-state index >= 15 is 0 Å². The molecule has 16 aromatic carbocycles. The van der Waals surface area contributed by atoms with Gasteiger partial charge < -0.3 is 13.6 Å². The molecule has 0 amide bonds. The molecule has 0 N–H and O–H groups in total. The van der Waals surface area contributed by atoms with E-state index in [2.05, 4.69) is 367 Å². The highest BCUT2D eigenvalue weighted by molar-refractivity contribution is 7.26. The third-order valence-corrected chi connectivity index (χ3v) is 23.1. The Hall–Kier alpha value is -14.2. The minimum absolute atomic E-state index is 0.639. The Morgan fingerprint density at radius 2 is 0.620 bits per heavy atom. The molecule has 0 spiro atoms. The van der Waals surface area contributed by atoms with Crippen LogP contribution in [-0.4, -0.2) is 29.1 Å². The van der Waals surface area contributed by atoms with Crippen molar-refractivity contribution in [2.24, 2.45) is 0 Å². The van der Waals surface area contributed by atoms with Crippen LogP contribution in [0.1, 0.15) is 0 Å². The Morgan fingerprint density at radius 3 is 1.18 bits per heavy atom. The van der Waals surface area contributed by atoms with Crippen molar-refractivity contribution in [3.05, 3.63) is 364 Å². The van der Waals surface area contributed by atoms with E-state index in [1.807, 2.05) is 17.4 Å². The van der Waals surface area contributed by atoms with Crippen molar-refractivity contribution >= 4 is 119 Å². The van der Waals surface area contributed by atoms with Gasteiger partial charge in [0.1, 0.15) is 11.2 Å². The Labute approximate surface area is 624 Å². The molecule has 108 heavy (non-hydrogen) atoms. The van der Waals surface area contributed by atoms with Gasteiger partial charge in [0, 0.05) is 97.2 Å². The van der Waals surface area contributed by atoms with Crippen molar-refractivity contribution in [2.75, 3.05) is 0 Å². The van der Waals surface area contributed by atoms with Crippen LogP contribution in [-0.2, 0) is 0 Å². The van der Waals surface area contributed by atoms with Crippen molar-refractivity contribution in [3.63, 3.8) is 0 Å². The summed E-state index contributed by atoms with van der Waals surface area (Å²) in [6, 6.07) is 130. The van der Waals surface area contributed by atoms with Gasteiger partial charge >= 0.3 is 0 Å². The number of rotatable bonds is 11. The van der Waals surface area contributed by atoms with Gasteiger partial charge in [-0.2, -0.15) is 0 Å². The summed E-state index contributed by atoms with van der Waals surface area (Å²) in [5, 5.41) is 13.8. The van der Waals surface area contributed by atoms with Crippen molar-refractivity contribution < 1.29 is 4.42 Å². The highest BCUT2D eigenvalue weighted by Crippen LogP contribution is 2.46. The fraction of sp³-hybridized carbons (Fsp3) is 0. The molecule has 7 nitrogen and oxygen atoms in total. The normalized spacial score (nSPS) is 11.9. The van der Waals surface area contributed by atoms with Crippen LogP contribution in [0.5, 0.6) is 0 Å². The van der Waals surface area contributed by atoms with Crippen LogP contribution in [0.2, 0.25) is 0 Å². The first kappa shape index (κ1) is 61.3. The molecule has 6 heterocycles. The fourth-order valence-electron chi connectivity index (χ4n) is 16.8. The molecule has 0 saturated carbocycles. The van der Waals surface area contributed by atoms with E-state index in [9.17, 15) is 0 Å². The van der Waals surface area contributed by atoms with E-state index in [-0.39, 0.29) is 0 Å². The monoisotopic (exact) mass is 1390 g/mol. The summed E-state index contributed by atoms with van der Waals surface area (Å²) in [5.74, 6) is 1.33. The molecule has 0 aliphatic rings. The first-order valence-corrected chi connectivity index (χ1v) is 37.4. The van der Waals surface area contributed by atoms with Gasteiger partial charge in [-0.3, -0.25) is 0 Å². The van der Waals surface area contributed by atoms with Crippen LogP contribution >= 0.6 is 11.3 Å². The van der Waals surface area contributed by atoms with Crippen molar-refractivity contribution in [1.82, 2.24) is 29.1 Å². The maximum absolute atomic E-state index is 7.10. The number of fused-ring (bicyclic) bond motifs is 14. The molecule has 0 unspecified atom stereocenters. The van der Waals surface area contributed by atoms with Gasteiger partial charge in [-0.1, -0.05) is 261 Å². The summed E-state index contributed by atoms with van der Waals surface area (Å²) < 4.78 is 14.3. The van der Waals surface area contributed by atoms with Crippen molar-refractivity contribution in [1.29, 1.82) is 0 Å². The molecule has 0 saturated heterocycles. The van der Waals surface area contributed by atoms with Crippen LogP contribution in [0.15, 0.2) is 368 Å². The molecule has 0 aliphatic carbocycles. The van der Waals surface area contributed by atoms with Crippen LogP contribution in [0.4, 0.5) is 0 Å². The number of nitrogens with zero attached hydrogens (tertiary/aromatic N) is 6. The predicted molar refractivity (Wildman–Crippen MR) is 450 cm³/mol. The standard InChI is InChI=1S/C100H60N6OS/c1-3-21-63(22-4-1)87-59-89(103-99(101-87)82-54-52-69(71-25-7-9-27-73(71)82)61-41-47-67(48-42-61)105-91-37-15-11-29-75(91)76-30-12-16-38-92(76)105)84-35-19-33-80-78-51-45-66(58-95(78)107-97(80)84)65-46-56-94-86(57-65)77-31-13-17-39-93(77)106(94)68-49-43-62(44-50-68)70-53-55-83(74-28-10-8-26-72(70)74)100-102-88(64-23-5-2-6-24-64)60-90(104-100)85-36-20-34-81-79-32-14-18-40-96(79)108-98(81)85/h1-60H. The topological polar surface area (TPSA) is 74.6 Å². The Kier molecular flexibility index (Phi) is 14.0. The third-order valence-electron chi connectivity index (χ3n) is 21.8. The number of aromatic nitrogens is 6. The number of furan rings is 1. The number of thiophene rings is 1. The van der Waals surface area contributed by atoms with Gasteiger partial charge in [0.05, 0.1) is 44.8 Å². The average Bonchev–Trinajstić information content (AvgIpc) is 1.47. The Morgan fingerprint density at radius 1 is 0.222 bits per heavy atom. The van der Waals surface area contributed by atoms with E-state index < -0.39 is 0 Å². The summed E-state index contributed by atoms with van der Waals surface area (Å²) in [6.45, 7) is 0. The lowest BCUT2D eigenvalue weighted by Gasteiger charge is -2.14. The van der Waals surface area contributed by atoms with Crippen LogP contribution in [0, 0.1) is 0 Å². The number of hydrogen-bond acceptors (Lipinski definition) is 6. The number of para-hydroxylation sites is 4. The average molecular weight is 1390 g/mol. The second-order valence-electron chi connectivity index (χ2n) is 27.9. The largest absolute Gasteiger partial charge is 0.455 e. The minimum atomic E-state index is 0.639. The van der Waals surface area contributed by atoms with Gasteiger partial charge in [0.25, 0.3) is 0 Å². The second-order valence-corrected chi connectivity index (χ2v) is 28.9. The zero-order chi connectivity index (χ0) is 70.9. The molecule has 0 fully saturated rings. The minimum Gasteiger partial charge on any atom is -0.455 e. The maximum Gasteiger partial charge on any atom is 0.161 e. The van der Waals surface area contributed by atoms with Gasteiger partial charge in [-0.15, -0.1) is 11.3 Å². The summed E-state index contributed by atoms with van der Waals surface area (Å²) in [5.41, 5.74) is 24.5. The first-order valence-electron chi connectivity index (χ1n) is 36.6. The Bertz CT molecular complexity index is 7360. The quantitative estimate of drug-likeness (QED) is 0.129. The molecule has 6 aromatic heterocycles. The summed E-state index contributed by atoms with van der Waals surface area (Å²) in [4.78, 5) is 21.7. The van der Waals surface area contributed by atoms with E-state index in [1.165, 1.54) is 52.8 Å². The molecule has 22 rings (SSSR count). The van der Waals surface area contributed by atoms with E-state index in [0.29, 0.717) is 11.6 Å². The molecule has 0 aliphatic heterocycles. The van der Waals surface area contributed by atoms with Crippen LogP contribution < -0.4 is 0 Å². The van der Waals surface area contributed by atoms with Gasteiger partial charge in [0.15, 0.2) is 11.6 Å². The Balaban J connectivity index is 0.591. The zero-order valence-corrected chi connectivity index (χ0v) is 59.0. The van der Waals surface area contributed by atoms with Gasteiger partial charge in [-0.25, -0.2) is 19.9 Å². The summed E-state index contributed by atoms with van der Waals surface area (Å²) in [7, 11) is 0. The smallest absolute Gasteiger partial charge is 0.161 e. The lowest BCUT2D eigenvalue weighted by atomic mass is 9.94. The summed E-state index contributed by atoms with van der Waals surface area (Å²) in [6.07, 6.45) is 0. The maximum atomic E-state index is 7.10.